The van der Waals surface area contributed by atoms with Crippen molar-refractivity contribution in [3.8, 4) is 0 Å². The number of hydrogen-bond donors (Lipinski definition) is 2. The Kier molecular flexibility index (Phi) is 25.4. The van der Waals surface area contributed by atoms with Crippen LogP contribution in [0.25, 0.3) is 0 Å². The van der Waals surface area contributed by atoms with Gasteiger partial charge < -0.3 is 25.2 Å². The van der Waals surface area contributed by atoms with Crippen molar-refractivity contribution in [3.63, 3.8) is 0 Å². The van der Waals surface area contributed by atoms with Crippen LogP contribution in [-0.2, 0) is 28.6 Å². The first-order valence-corrected chi connectivity index (χ1v) is 17.9. The Bertz CT molecular complexity index is 881. The zero-order valence-corrected chi connectivity index (χ0v) is 30.1. The molecule has 0 amide bonds. The average Bonchev–Trinajstić information content (AvgIpc) is 2.99. The largest absolute Gasteiger partial charge is 0.462 e. The molecule has 0 aliphatic rings. The van der Waals surface area contributed by atoms with E-state index in [4.69, 9.17) is 20.1 Å². The van der Waals surface area contributed by atoms with Crippen molar-refractivity contribution in [1.82, 2.24) is 0 Å². The van der Waals surface area contributed by atoms with Crippen LogP contribution < -0.4 is 5.84 Å². The van der Waals surface area contributed by atoms with Crippen LogP contribution in [0, 0.1) is 0 Å². The lowest BCUT2D eigenvalue weighted by Crippen LogP contribution is -2.37. The summed E-state index contributed by atoms with van der Waals surface area (Å²) in [6.45, 7) is 11.4. The highest BCUT2D eigenvalue weighted by Crippen LogP contribution is 2.17. The minimum Gasteiger partial charge on any atom is -0.462 e. The summed E-state index contributed by atoms with van der Waals surface area (Å²) < 4.78 is 16.9. The number of Topliss-reactive ketones (excluding diaryl/α,β-unsaturated/α-hetero) is 1. The van der Waals surface area contributed by atoms with Crippen molar-refractivity contribution >= 4 is 29.6 Å². The zero-order chi connectivity index (χ0) is 34.7. The van der Waals surface area contributed by atoms with Crippen molar-refractivity contribution in [3.05, 3.63) is 0 Å². The standard InChI is InChI=1S/C36H67N3O7/c1-7-9-11-13-15-17-19-21-33(41)44-29-31(46-34(42)22-20-18-16-14-12-10-8-2)28-38-27-30(39-37)23-24-32(40)36(5,6)45-26-25-35(3,4)43/h27,31,43H,7-26,28-29,37H2,1-6H3. The molecule has 10 nitrogen and oxygen atoms in total. The Morgan fingerprint density at radius 3 is 1.80 bits per heavy atom. The van der Waals surface area contributed by atoms with Crippen molar-refractivity contribution < 1.29 is 33.7 Å². The molecule has 0 saturated carbocycles. The van der Waals surface area contributed by atoms with E-state index in [-0.39, 0.29) is 50.3 Å². The number of aliphatic hydroxyl groups is 1. The van der Waals surface area contributed by atoms with E-state index in [9.17, 15) is 19.5 Å². The normalized spacial score (nSPS) is 13.2. The first-order valence-electron chi connectivity index (χ1n) is 17.9. The van der Waals surface area contributed by atoms with Gasteiger partial charge in [0.15, 0.2) is 11.9 Å². The lowest BCUT2D eigenvalue weighted by molar-refractivity contribution is -0.158. The summed E-state index contributed by atoms with van der Waals surface area (Å²) in [6.07, 6.45) is 17.7. The molecule has 0 saturated heterocycles. The molecule has 0 rings (SSSR count). The Morgan fingerprint density at radius 2 is 1.28 bits per heavy atom. The Morgan fingerprint density at radius 1 is 0.761 bits per heavy atom. The summed E-state index contributed by atoms with van der Waals surface area (Å²) in [7, 11) is 0. The second-order valence-corrected chi connectivity index (χ2v) is 13.5. The summed E-state index contributed by atoms with van der Waals surface area (Å²) in [4.78, 5) is 42.1. The van der Waals surface area contributed by atoms with Crippen LogP contribution >= 0.6 is 0 Å². The van der Waals surface area contributed by atoms with Gasteiger partial charge in [-0.3, -0.25) is 19.4 Å². The van der Waals surface area contributed by atoms with Crippen LogP contribution in [0.5, 0.6) is 0 Å². The van der Waals surface area contributed by atoms with Crippen molar-refractivity contribution in [1.29, 1.82) is 0 Å². The number of nitrogens with zero attached hydrogens (tertiary/aromatic N) is 2. The summed E-state index contributed by atoms with van der Waals surface area (Å²) in [5.74, 6) is 4.80. The Hall–Kier alpha value is -2.33. The van der Waals surface area contributed by atoms with Crippen LogP contribution in [0.15, 0.2) is 10.1 Å². The molecule has 0 heterocycles. The number of esters is 2. The van der Waals surface area contributed by atoms with E-state index < -0.39 is 17.3 Å². The molecule has 268 valence electrons. The number of rotatable bonds is 30. The molecule has 10 heteroatoms. The second kappa shape index (κ2) is 26.7. The fourth-order valence-electron chi connectivity index (χ4n) is 4.70. The molecular weight excluding hydrogens is 586 g/mol. The smallest absolute Gasteiger partial charge is 0.306 e. The number of nitrogens with two attached hydrogens (primary N) is 1. The first kappa shape index (κ1) is 43.7. The van der Waals surface area contributed by atoms with Gasteiger partial charge in [-0.25, -0.2) is 0 Å². The van der Waals surface area contributed by atoms with Crippen molar-refractivity contribution in [2.75, 3.05) is 19.8 Å². The van der Waals surface area contributed by atoms with E-state index in [1.54, 1.807) is 27.7 Å². The van der Waals surface area contributed by atoms with E-state index in [1.165, 1.54) is 57.6 Å². The molecule has 1 unspecified atom stereocenters. The molecule has 0 aromatic heterocycles. The van der Waals surface area contributed by atoms with Gasteiger partial charge in [0.25, 0.3) is 0 Å². The molecule has 3 N–H and O–H groups in total. The summed E-state index contributed by atoms with van der Waals surface area (Å²) in [6, 6.07) is 0. The molecular formula is C36H67N3O7. The second-order valence-electron chi connectivity index (χ2n) is 13.5. The number of hydrogen-bond acceptors (Lipinski definition) is 10. The maximum atomic E-state index is 12.8. The molecule has 0 aromatic rings. The third-order valence-corrected chi connectivity index (χ3v) is 7.87. The van der Waals surface area contributed by atoms with Gasteiger partial charge in [0, 0.05) is 25.5 Å². The summed E-state index contributed by atoms with van der Waals surface area (Å²) in [5, 5.41) is 13.6. The molecule has 46 heavy (non-hydrogen) atoms. The number of unbranched alkanes of at least 4 members (excludes halogenated alkanes) is 12. The van der Waals surface area contributed by atoms with Crippen molar-refractivity contribution in [2.24, 2.45) is 15.9 Å². The zero-order valence-electron chi connectivity index (χ0n) is 30.1. The molecule has 0 aliphatic carbocycles. The van der Waals surface area contributed by atoms with Gasteiger partial charge in [-0.1, -0.05) is 90.9 Å². The molecule has 0 spiro atoms. The van der Waals surface area contributed by atoms with Gasteiger partial charge in [0.1, 0.15) is 12.2 Å². The van der Waals surface area contributed by atoms with Crippen LogP contribution in [0.2, 0.25) is 0 Å². The van der Waals surface area contributed by atoms with Crippen LogP contribution in [-0.4, -0.2) is 71.8 Å². The number of carbonyl (C=O) groups is 3. The van der Waals surface area contributed by atoms with Gasteiger partial charge in [-0.15, -0.1) is 0 Å². The highest BCUT2D eigenvalue weighted by atomic mass is 16.6. The number of ether oxygens (including phenoxy) is 3. The monoisotopic (exact) mass is 653 g/mol. The maximum Gasteiger partial charge on any atom is 0.306 e. The number of aliphatic imine (C=N–C) groups is 1. The summed E-state index contributed by atoms with van der Waals surface area (Å²) >= 11 is 0. The van der Waals surface area contributed by atoms with E-state index in [2.05, 4.69) is 23.9 Å². The summed E-state index contributed by atoms with van der Waals surface area (Å²) in [5.41, 5.74) is -1.48. The van der Waals surface area contributed by atoms with Gasteiger partial charge in [-0.2, -0.15) is 5.10 Å². The molecule has 0 bridgehead atoms. The Labute approximate surface area is 279 Å². The van der Waals surface area contributed by atoms with E-state index >= 15 is 0 Å². The number of ketones is 1. The fraction of sp³-hybridized carbons (Fsp3) is 0.861. The highest BCUT2D eigenvalue weighted by Gasteiger charge is 2.29. The Balaban J connectivity index is 4.92. The van der Waals surface area contributed by atoms with Crippen LogP contribution in [0.3, 0.4) is 0 Å². The van der Waals surface area contributed by atoms with Gasteiger partial charge in [0.05, 0.1) is 24.5 Å². The number of hydrazone groups is 1. The lowest BCUT2D eigenvalue weighted by Gasteiger charge is -2.26. The molecule has 0 aliphatic heterocycles. The van der Waals surface area contributed by atoms with Crippen LogP contribution in [0.4, 0.5) is 0 Å². The average molecular weight is 654 g/mol. The van der Waals surface area contributed by atoms with Gasteiger partial charge in [0.2, 0.25) is 0 Å². The van der Waals surface area contributed by atoms with Gasteiger partial charge >= 0.3 is 11.9 Å². The molecule has 0 fully saturated rings. The minimum atomic E-state index is -1.02. The molecule has 1 atom stereocenters. The predicted molar refractivity (Wildman–Crippen MR) is 186 cm³/mol. The number of carbonyl (C=O) groups excluding carboxylic acids is 3. The van der Waals surface area contributed by atoms with Crippen molar-refractivity contribution in [2.45, 2.75) is 181 Å². The quantitative estimate of drug-likeness (QED) is 0.0267. The minimum absolute atomic E-state index is 0.0702. The predicted octanol–water partition coefficient (Wildman–Crippen LogP) is 7.41. The third-order valence-electron chi connectivity index (χ3n) is 7.87. The van der Waals surface area contributed by atoms with Crippen LogP contribution in [0.1, 0.15) is 164 Å². The topological polar surface area (TPSA) is 150 Å². The van der Waals surface area contributed by atoms with Gasteiger partial charge in [-0.05, 0) is 53.4 Å². The molecule has 0 radical (unpaired) electrons. The van der Waals surface area contributed by atoms with E-state index in [0.717, 1.165) is 38.5 Å². The maximum absolute atomic E-state index is 12.8. The van der Waals surface area contributed by atoms with E-state index in [0.29, 0.717) is 25.0 Å². The molecule has 0 aromatic carbocycles. The van der Waals surface area contributed by atoms with E-state index in [1.807, 2.05) is 0 Å². The SMILES string of the molecule is CCCCCCCCCC(=O)OCC(CN=CC(CCC(=O)C(C)(C)OCCC(C)(C)O)=NN)OC(=O)CCCCCCCCC. The first-order chi connectivity index (χ1) is 21.8. The highest BCUT2D eigenvalue weighted by molar-refractivity contribution is 6.30. The fourth-order valence-corrected chi connectivity index (χ4v) is 4.70. The third kappa shape index (κ3) is 25.8. The lowest BCUT2D eigenvalue weighted by atomic mass is 9.97.